The van der Waals surface area contributed by atoms with Crippen LogP contribution >= 0.6 is 0 Å². The Hall–Kier alpha value is -3.14. The van der Waals surface area contributed by atoms with E-state index in [9.17, 15) is 0 Å². The fraction of sp³-hybridized carbons (Fsp3) is 0.250. The summed E-state index contributed by atoms with van der Waals surface area (Å²) in [6.07, 6.45) is 1.02. The summed E-state index contributed by atoms with van der Waals surface area (Å²) in [5, 5.41) is 6.86. The van der Waals surface area contributed by atoms with E-state index in [1.54, 1.807) is 0 Å². The van der Waals surface area contributed by atoms with Crippen molar-refractivity contribution < 1.29 is 9.47 Å². The van der Waals surface area contributed by atoms with Gasteiger partial charge in [-0.05, 0) is 48.4 Å². The molecular formula is C24H28N2O2. The predicted octanol–water partition coefficient (Wildman–Crippen LogP) is 5.58. The average Bonchev–Trinajstić information content (AvgIpc) is 2.76. The molecular weight excluding hydrogens is 348 g/mol. The molecule has 0 unspecified atom stereocenters. The number of anilines is 2. The molecule has 3 rings (SSSR count). The number of rotatable bonds is 11. The number of hydrogen-bond acceptors (Lipinski definition) is 4. The van der Waals surface area contributed by atoms with E-state index in [2.05, 4.69) is 29.7 Å². The first-order chi connectivity index (χ1) is 13.8. The third-order valence-corrected chi connectivity index (χ3v) is 4.22. The lowest BCUT2D eigenvalue weighted by atomic mass is 10.2. The molecule has 0 spiro atoms. The van der Waals surface area contributed by atoms with Crippen LogP contribution in [-0.2, 0) is 6.61 Å². The van der Waals surface area contributed by atoms with Crippen molar-refractivity contribution in [1.82, 2.24) is 0 Å². The molecule has 0 aliphatic heterocycles. The smallest absolute Gasteiger partial charge is 0.142 e. The molecule has 0 aliphatic carbocycles. The van der Waals surface area contributed by atoms with Crippen LogP contribution < -0.4 is 20.1 Å². The minimum Gasteiger partial charge on any atom is -0.494 e. The highest BCUT2D eigenvalue weighted by molar-refractivity contribution is 5.56. The monoisotopic (exact) mass is 376 g/mol. The molecule has 3 aromatic rings. The summed E-state index contributed by atoms with van der Waals surface area (Å²) in [5.41, 5.74) is 3.24. The largest absolute Gasteiger partial charge is 0.494 e. The van der Waals surface area contributed by atoms with Crippen molar-refractivity contribution in [3.63, 3.8) is 0 Å². The predicted molar refractivity (Wildman–Crippen MR) is 116 cm³/mol. The Labute approximate surface area is 167 Å². The van der Waals surface area contributed by atoms with Crippen LogP contribution in [0.1, 0.15) is 18.9 Å². The van der Waals surface area contributed by atoms with Gasteiger partial charge in [0.05, 0.1) is 12.3 Å². The van der Waals surface area contributed by atoms with Gasteiger partial charge >= 0.3 is 0 Å². The lowest BCUT2D eigenvalue weighted by molar-refractivity contribution is 0.307. The molecule has 2 N–H and O–H groups in total. The van der Waals surface area contributed by atoms with Crippen molar-refractivity contribution in [2.24, 2.45) is 0 Å². The van der Waals surface area contributed by atoms with E-state index in [1.165, 1.54) is 0 Å². The van der Waals surface area contributed by atoms with Crippen LogP contribution in [0.15, 0.2) is 78.9 Å². The second-order valence-corrected chi connectivity index (χ2v) is 6.50. The minimum atomic E-state index is 0.560. The molecule has 0 saturated heterocycles. The first-order valence-electron chi connectivity index (χ1n) is 9.81. The zero-order valence-corrected chi connectivity index (χ0v) is 16.4. The van der Waals surface area contributed by atoms with Crippen LogP contribution in [0.4, 0.5) is 11.4 Å². The van der Waals surface area contributed by atoms with E-state index in [4.69, 9.17) is 9.47 Å². The second-order valence-electron chi connectivity index (χ2n) is 6.50. The van der Waals surface area contributed by atoms with Gasteiger partial charge in [0.25, 0.3) is 0 Å². The number of nitrogens with one attached hydrogen (secondary N) is 2. The SMILES string of the molecule is CCCOc1ccc(NCCNc2ccccc2OCc2ccccc2)cc1. The fourth-order valence-electron chi connectivity index (χ4n) is 2.77. The maximum absolute atomic E-state index is 5.99. The summed E-state index contributed by atoms with van der Waals surface area (Å²) in [4.78, 5) is 0. The lowest BCUT2D eigenvalue weighted by Gasteiger charge is -2.14. The molecule has 28 heavy (non-hydrogen) atoms. The van der Waals surface area contributed by atoms with E-state index < -0.39 is 0 Å². The second kappa shape index (κ2) is 10.9. The van der Waals surface area contributed by atoms with E-state index in [0.717, 1.165) is 54.6 Å². The Kier molecular flexibility index (Phi) is 7.62. The van der Waals surface area contributed by atoms with Gasteiger partial charge in [0.2, 0.25) is 0 Å². The van der Waals surface area contributed by atoms with Crippen LogP contribution in [0.25, 0.3) is 0 Å². The van der Waals surface area contributed by atoms with E-state index in [0.29, 0.717) is 6.61 Å². The van der Waals surface area contributed by atoms with Gasteiger partial charge in [-0.1, -0.05) is 49.4 Å². The summed E-state index contributed by atoms with van der Waals surface area (Å²) < 4.78 is 11.6. The van der Waals surface area contributed by atoms with Crippen molar-refractivity contribution in [3.8, 4) is 11.5 Å². The summed E-state index contributed by atoms with van der Waals surface area (Å²) in [6.45, 7) is 5.02. The molecule has 0 amide bonds. The maximum Gasteiger partial charge on any atom is 0.142 e. The molecule has 0 bridgehead atoms. The fourth-order valence-corrected chi connectivity index (χ4v) is 2.77. The highest BCUT2D eigenvalue weighted by Crippen LogP contribution is 2.24. The number of ether oxygens (including phenoxy) is 2. The maximum atomic E-state index is 5.99. The normalized spacial score (nSPS) is 10.3. The summed E-state index contributed by atoms with van der Waals surface area (Å²) in [6, 6.07) is 26.3. The first-order valence-corrected chi connectivity index (χ1v) is 9.81. The van der Waals surface area contributed by atoms with Gasteiger partial charge in [-0.2, -0.15) is 0 Å². The third kappa shape index (κ3) is 6.23. The van der Waals surface area contributed by atoms with Gasteiger partial charge in [-0.3, -0.25) is 0 Å². The van der Waals surface area contributed by atoms with E-state index in [-0.39, 0.29) is 0 Å². The molecule has 0 radical (unpaired) electrons. The molecule has 4 nitrogen and oxygen atoms in total. The van der Waals surface area contributed by atoms with Gasteiger partial charge in [0.15, 0.2) is 0 Å². The average molecular weight is 377 g/mol. The Morgan fingerprint density at radius 1 is 0.714 bits per heavy atom. The Morgan fingerprint density at radius 2 is 1.43 bits per heavy atom. The number of benzene rings is 3. The van der Waals surface area contributed by atoms with E-state index >= 15 is 0 Å². The Morgan fingerprint density at radius 3 is 2.21 bits per heavy atom. The summed E-state index contributed by atoms with van der Waals surface area (Å²) in [5.74, 6) is 1.78. The van der Waals surface area contributed by atoms with Crippen molar-refractivity contribution in [2.45, 2.75) is 20.0 Å². The van der Waals surface area contributed by atoms with Crippen molar-refractivity contribution in [3.05, 3.63) is 84.4 Å². The van der Waals surface area contributed by atoms with Crippen LogP contribution in [0.2, 0.25) is 0 Å². The van der Waals surface area contributed by atoms with Gasteiger partial charge < -0.3 is 20.1 Å². The van der Waals surface area contributed by atoms with Gasteiger partial charge in [0.1, 0.15) is 18.1 Å². The highest BCUT2D eigenvalue weighted by atomic mass is 16.5. The first kappa shape index (κ1) is 19.6. The lowest BCUT2D eigenvalue weighted by Crippen LogP contribution is -2.14. The Balaban J connectivity index is 1.44. The van der Waals surface area contributed by atoms with Gasteiger partial charge in [-0.15, -0.1) is 0 Å². The quantitative estimate of drug-likeness (QED) is 0.429. The van der Waals surface area contributed by atoms with Crippen LogP contribution in [-0.4, -0.2) is 19.7 Å². The number of hydrogen-bond donors (Lipinski definition) is 2. The molecule has 3 aromatic carbocycles. The Bertz CT molecular complexity index is 820. The van der Waals surface area contributed by atoms with Crippen molar-refractivity contribution in [2.75, 3.05) is 30.3 Å². The molecule has 0 saturated carbocycles. The molecule has 0 aromatic heterocycles. The molecule has 0 atom stereocenters. The zero-order valence-electron chi connectivity index (χ0n) is 16.4. The van der Waals surface area contributed by atoms with Crippen LogP contribution in [0, 0.1) is 0 Å². The molecule has 146 valence electrons. The van der Waals surface area contributed by atoms with Crippen molar-refractivity contribution in [1.29, 1.82) is 0 Å². The molecule has 0 aliphatic rings. The highest BCUT2D eigenvalue weighted by Gasteiger charge is 2.03. The van der Waals surface area contributed by atoms with Crippen LogP contribution in [0.3, 0.4) is 0 Å². The summed E-state index contributed by atoms with van der Waals surface area (Å²) in [7, 11) is 0. The van der Waals surface area contributed by atoms with Crippen molar-refractivity contribution >= 4 is 11.4 Å². The topological polar surface area (TPSA) is 42.5 Å². The standard InChI is InChI=1S/C24H28N2O2/c1-2-18-27-22-14-12-21(13-15-22)25-16-17-26-23-10-6-7-11-24(23)28-19-20-8-4-3-5-9-20/h3-15,25-26H,2,16-19H2,1H3. The molecule has 0 fully saturated rings. The minimum absolute atomic E-state index is 0.560. The van der Waals surface area contributed by atoms with E-state index in [1.807, 2.05) is 66.7 Å². The number of para-hydroxylation sites is 2. The third-order valence-electron chi connectivity index (χ3n) is 4.22. The molecule has 0 heterocycles. The van der Waals surface area contributed by atoms with Crippen LogP contribution in [0.5, 0.6) is 11.5 Å². The molecule has 4 heteroatoms. The van der Waals surface area contributed by atoms with Gasteiger partial charge in [-0.25, -0.2) is 0 Å². The zero-order chi connectivity index (χ0) is 19.4. The summed E-state index contributed by atoms with van der Waals surface area (Å²) >= 11 is 0. The van der Waals surface area contributed by atoms with Gasteiger partial charge in [0, 0.05) is 18.8 Å².